The Balaban J connectivity index is 2.42. The van der Waals surface area contributed by atoms with Crippen molar-refractivity contribution in [1.29, 1.82) is 0 Å². The molecule has 0 spiro atoms. The lowest BCUT2D eigenvalue weighted by Gasteiger charge is -2.15. The third-order valence-corrected chi connectivity index (χ3v) is 5.93. The smallest absolute Gasteiger partial charge is 0.0927 e. The van der Waals surface area contributed by atoms with E-state index in [2.05, 4.69) is 17.0 Å². The maximum Gasteiger partial charge on any atom is 0.0927 e. The van der Waals surface area contributed by atoms with E-state index in [1.165, 1.54) is 0 Å². The van der Waals surface area contributed by atoms with Crippen LogP contribution in [0.25, 0.3) is 0 Å². The number of halogens is 1. The Morgan fingerprint density at radius 2 is 1.94 bits per heavy atom. The Bertz CT molecular complexity index is 495. The molecule has 0 radical (unpaired) electrons. The van der Waals surface area contributed by atoms with Gasteiger partial charge in [-0.25, -0.2) is 4.21 Å². The summed E-state index contributed by atoms with van der Waals surface area (Å²) in [6.45, 7) is 0. The number of benzene rings is 1. The zero-order chi connectivity index (χ0) is 11.6. The van der Waals surface area contributed by atoms with Crippen LogP contribution < -0.4 is 0 Å². The molecular weight excluding hydrogens is 262 g/mol. The summed E-state index contributed by atoms with van der Waals surface area (Å²) < 4.78 is 16.7. The number of hydrogen-bond acceptors (Lipinski definition) is 3. The van der Waals surface area contributed by atoms with Crippen LogP contribution in [0.5, 0.6) is 0 Å². The fraction of sp³-hybridized carbons (Fsp3) is 0.455. The standard InChI is InChI=1S/C11H14ClNOS2/c12-11-9(5-4-6-10(11)15)13-16(14)7-2-1-3-8-16/h4-6,15H,1-3,7-8H2. The fourth-order valence-electron chi connectivity index (χ4n) is 1.78. The number of thiol groups is 1. The summed E-state index contributed by atoms with van der Waals surface area (Å²) in [5.41, 5.74) is 0.612. The summed E-state index contributed by atoms with van der Waals surface area (Å²) in [6.07, 6.45) is 3.16. The maximum absolute atomic E-state index is 12.4. The minimum absolute atomic E-state index is 0.499. The zero-order valence-electron chi connectivity index (χ0n) is 8.86. The van der Waals surface area contributed by atoms with Crippen molar-refractivity contribution < 1.29 is 4.21 Å². The molecule has 0 bridgehead atoms. The summed E-state index contributed by atoms with van der Waals surface area (Å²) in [5.74, 6) is 1.39. The van der Waals surface area contributed by atoms with Gasteiger partial charge in [-0.15, -0.1) is 12.6 Å². The van der Waals surface area contributed by atoms with Crippen molar-refractivity contribution >= 4 is 39.6 Å². The molecule has 0 saturated carbocycles. The second-order valence-corrected chi connectivity index (χ2v) is 7.35. The van der Waals surface area contributed by atoms with Gasteiger partial charge in [-0.2, -0.15) is 4.36 Å². The van der Waals surface area contributed by atoms with Crippen LogP contribution in [-0.4, -0.2) is 15.7 Å². The monoisotopic (exact) mass is 275 g/mol. The SMILES string of the molecule is O=S1(=Nc2cccc(S)c2Cl)CCCCC1. The molecule has 5 heteroatoms. The molecule has 1 saturated heterocycles. The van der Waals surface area contributed by atoms with Crippen molar-refractivity contribution in [2.24, 2.45) is 4.36 Å². The molecule has 0 amide bonds. The topological polar surface area (TPSA) is 29.4 Å². The minimum Gasteiger partial charge on any atom is -0.249 e. The Labute approximate surface area is 107 Å². The van der Waals surface area contributed by atoms with Crippen molar-refractivity contribution in [3.8, 4) is 0 Å². The Morgan fingerprint density at radius 3 is 2.62 bits per heavy atom. The van der Waals surface area contributed by atoms with Gasteiger partial charge in [0, 0.05) is 16.4 Å². The van der Waals surface area contributed by atoms with Crippen molar-refractivity contribution in [3.05, 3.63) is 23.2 Å². The molecule has 16 heavy (non-hydrogen) atoms. The molecule has 1 aromatic rings. The van der Waals surface area contributed by atoms with Gasteiger partial charge in [0.2, 0.25) is 0 Å². The second kappa shape index (κ2) is 4.98. The van der Waals surface area contributed by atoms with E-state index in [4.69, 9.17) is 11.6 Å². The largest absolute Gasteiger partial charge is 0.249 e. The average molecular weight is 276 g/mol. The van der Waals surface area contributed by atoms with Gasteiger partial charge >= 0.3 is 0 Å². The van der Waals surface area contributed by atoms with E-state index in [-0.39, 0.29) is 0 Å². The third-order valence-electron chi connectivity index (χ3n) is 2.65. The molecule has 1 aliphatic heterocycles. The van der Waals surface area contributed by atoms with Crippen molar-refractivity contribution in [1.82, 2.24) is 0 Å². The van der Waals surface area contributed by atoms with E-state index in [0.717, 1.165) is 19.3 Å². The zero-order valence-corrected chi connectivity index (χ0v) is 11.3. The predicted octanol–water partition coefficient (Wildman–Crippen LogP) is 3.91. The summed E-state index contributed by atoms with van der Waals surface area (Å²) in [5, 5.41) is 0.499. The molecule has 0 aromatic heterocycles. The summed E-state index contributed by atoms with van der Waals surface area (Å²) in [7, 11) is -2.08. The van der Waals surface area contributed by atoms with Gasteiger partial charge in [-0.05, 0) is 25.0 Å². The number of nitrogens with zero attached hydrogens (tertiary/aromatic N) is 1. The van der Waals surface area contributed by atoms with Gasteiger partial charge in [-0.1, -0.05) is 24.1 Å². The van der Waals surface area contributed by atoms with E-state index in [1.807, 2.05) is 6.07 Å². The fourth-order valence-corrected chi connectivity index (χ4v) is 4.41. The maximum atomic E-state index is 12.4. The van der Waals surface area contributed by atoms with E-state index in [0.29, 0.717) is 27.1 Å². The molecule has 2 nitrogen and oxygen atoms in total. The van der Waals surface area contributed by atoms with Crippen LogP contribution in [0.4, 0.5) is 5.69 Å². The molecule has 0 N–H and O–H groups in total. The molecular formula is C11H14ClNOS2. The van der Waals surface area contributed by atoms with Crippen LogP contribution in [0.2, 0.25) is 5.02 Å². The first-order valence-corrected chi connectivity index (χ1v) is 7.99. The highest BCUT2D eigenvalue weighted by atomic mass is 35.5. The van der Waals surface area contributed by atoms with Crippen LogP contribution in [0.1, 0.15) is 19.3 Å². The minimum atomic E-state index is -2.08. The van der Waals surface area contributed by atoms with E-state index >= 15 is 0 Å². The van der Waals surface area contributed by atoms with Gasteiger partial charge in [0.25, 0.3) is 0 Å². The van der Waals surface area contributed by atoms with Crippen LogP contribution >= 0.6 is 24.2 Å². The first-order valence-electron chi connectivity index (χ1n) is 5.31. The van der Waals surface area contributed by atoms with Gasteiger partial charge < -0.3 is 0 Å². The van der Waals surface area contributed by atoms with Crippen molar-refractivity contribution in [2.75, 3.05) is 11.5 Å². The Hall–Kier alpha value is -0.190. The molecule has 88 valence electrons. The highest BCUT2D eigenvalue weighted by molar-refractivity contribution is 7.93. The number of rotatable bonds is 1. The van der Waals surface area contributed by atoms with Gasteiger partial charge in [0.15, 0.2) is 0 Å². The van der Waals surface area contributed by atoms with Crippen LogP contribution in [-0.2, 0) is 9.73 Å². The van der Waals surface area contributed by atoms with Gasteiger partial charge in [-0.3, -0.25) is 0 Å². The van der Waals surface area contributed by atoms with Gasteiger partial charge in [0.1, 0.15) is 0 Å². The van der Waals surface area contributed by atoms with Crippen molar-refractivity contribution in [3.63, 3.8) is 0 Å². The average Bonchev–Trinajstić information content (AvgIpc) is 2.26. The summed E-state index contributed by atoms with van der Waals surface area (Å²) >= 11 is 10.3. The lowest BCUT2D eigenvalue weighted by atomic mass is 10.3. The predicted molar refractivity (Wildman–Crippen MR) is 72.5 cm³/mol. The molecule has 0 aliphatic carbocycles. The first kappa shape index (κ1) is 12.3. The number of hydrogen-bond donors (Lipinski definition) is 1. The third kappa shape index (κ3) is 2.73. The quantitative estimate of drug-likeness (QED) is 0.774. The van der Waals surface area contributed by atoms with Gasteiger partial charge in [0.05, 0.1) is 20.4 Å². The van der Waals surface area contributed by atoms with E-state index in [1.54, 1.807) is 12.1 Å². The Kier molecular flexibility index (Phi) is 3.82. The molecule has 1 aliphatic rings. The highest BCUT2D eigenvalue weighted by Crippen LogP contribution is 2.32. The Morgan fingerprint density at radius 1 is 1.25 bits per heavy atom. The molecule has 1 aromatic carbocycles. The second-order valence-electron chi connectivity index (χ2n) is 3.94. The van der Waals surface area contributed by atoms with Crippen LogP contribution in [0.3, 0.4) is 0 Å². The highest BCUT2D eigenvalue weighted by Gasteiger charge is 2.15. The molecule has 0 atom stereocenters. The van der Waals surface area contributed by atoms with Crippen LogP contribution in [0.15, 0.2) is 27.5 Å². The lowest BCUT2D eigenvalue weighted by molar-refractivity contribution is 0.650. The molecule has 1 fully saturated rings. The summed E-state index contributed by atoms with van der Waals surface area (Å²) in [4.78, 5) is 0.682. The molecule has 1 heterocycles. The first-order chi connectivity index (χ1) is 7.61. The summed E-state index contributed by atoms with van der Waals surface area (Å²) in [6, 6.07) is 5.43. The van der Waals surface area contributed by atoms with Crippen molar-refractivity contribution in [2.45, 2.75) is 24.2 Å². The van der Waals surface area contributed by atoms with E-state index < -0.39 is 9.73 Å². The van der Waals surface area contributed by atoms with E-state index in [9.17, 15) is 4.21 Å². The molecule has 2 rings (SSSR count). The normalized spacial score (nSPS) is 19.4. The molecule has 0 unspecified atom stereocenters. The lowest BCUT2D eigenvalue weighted by Crippen LogP contribution is -2.15. The van der Waals surface area contributed by atoms with Crippen LogP contribution in [0, 0.1) is 0 Å².